The van der Waals surface area contributed by atoms with E-state index in [-0.39, 0.29) is 59.0 Å². The smallest absolute Gasteiger partial charge is 0.435 e. The standard InChI is InChI=1S/C35H40F2N7O6P/c1-7-48-35(46)23-17-42(5)34-21(32(23)45)12-20(14-39-34)22-15-38-33-28(31(22)44-11-10-19-16-41(4)18-26(19)44)27-29(37)24(36)13-25(30(27)40-33)43(6)51(47,49-8-2)50-9-3/h12-15,17,19,26H,7-11,16,18H2,1-6H3,(H,38,40)/t19-,26+/m1/s1. The first kappa shape index (κ1) is 35.0. The summed E-state index contributed by atoms with van der Waals surface area (Å²) in [5.74, 6) is -2.64. The lowest BCUT2D eigenvalue weighted by molar-refractivity contribution is 0.0524. The summed E-state index contributed by atoms with van der Waals surface area (Å²) in [6, 6.07) is 2.69. The number of carbonyl (C=O) groups excluding carboxylic acids is 1. The monoisotopic (exact) mass is 723 g/mol. The summed E-state index contributed by atoms with van der Waals surface area (Å²) < 4.78 is 64.9. The predicted octanol–water partition coefficient (Wildman–Crippen LogP) is 5.84. The van der Waals surface area contributed by atoms with Gasteiger partial charge in [0.05, 0.1) is 52.9 Å². The third-order valence-corrected chi connectivity index (χ3v) is 12.0. The van der Waals surface area contributed by atoms with Crippen molar-refractivity contribution in [2.24, 2.45) is 13.0 Å². The van der Waals surface area contributed by atoms with Gasteiger partial charge in [-0.2, -0.15) is 0 Å². The van der Waals surface area contributed by atoms with E-state index in [1.807, 2.05) is 0 Å². The second-order valence-corrected chi connectivity index (χ2v) is 15.0. The van der Waals surface area contributed by atoms with E-state index >= 15 is 8.78 Å². The number of fused-ring (bicyclic) bond motifs is 5. The number of halogens is 2. The van der Waals surface area contributed by atoms with Gasteiger partial charge in [0.25, 0.3) is 0 Å². The number of carbonyl (C=O) groups is 1. The number of benzene rings is 1. The molecule has 4 aromatic heterocycles. The van der Waals surface area contributed by atoms with Gasteiger partial charge in [-0.15, -0.1) is 0 Å². The minimum atomic E-state index is -3.96. The van der Waals surface area contributed by atoms with Crippen LogP contribution in [0, 0.1) is 17.6 Å². The number of aryl methyl sites for hydroxylation is 1. The van der Waals surface area contributed by atoms with Gasteiger partial charge in [0.2, 0.25) is 5.43 Å². The van der Waals surface area contributed by atoms with Crippen LogP contribution in [0.25, 0.3) is 44.1 Å². The number of ether oxygens (including phenoxy) is 1. The molecule has 51 heavy (non-hydrogen) atoms. The number of H-pyrrole nitrogens is 1. The van der Waals surface area contributed by atoms with Gasteiger partial charge in [0.1, 0.15) is 16.9 Å². The van der Waals surface area contributed by atoms with E-state index in [1.54, 1.807) is 50.8 Å². The third kappa shape index (κ3) is 5.67. The van der Waals surface area contributed by atoms with Gasteiger partial charge in [0.15, 0.2) is 11.6 Å². The molecule has 270 valence electrons. The maximum Gasteiger partial charge on any atom is 0.435 e. The Morgan fingerprint density at radius 2 is 1.80 bits per heavy atom. The van der Waals surface area contributed by atoms with Crippen molar-refractivity contribution in [3.05, 3.63) is 58.1 Å². The molecule has 2 aliphatic rings. The first-order valence-corrected chi connectivity index (χ1v) is 18.5. The highest BCUT2D eigenvalue weighted by atomic mass is 31.2. The number of aromatic nitrogens is 4. The molecule has 7 rings (SSSR count). The van der Waals surface area contributed by atoms with E-state index in [0.717, 1.165) is 25.6 Å². The largest absolute Gasteiger partial charge is 0.462 e. The van der Waals surface area contributed by atoms with Crippen LogP contribution in [0.1, 0.15) is 37.6 Å². The Morgan fingerprint density at radius 3 is 2.51 bits per heavy atom. The van der Waals surface area contributed by atoms with Gasteiger partial charge in [-0.05, 0) is 46.2 Å². The highest BCUT2D eigenvalue weighted by molar-refractivity contribution is 7.55. The predicted molar refractivity (Wildman–Crippen MR) is 191 cm³/mol. The minimum absolute atomic E-state index is 0.0619. The maximum atomic E-state index is 16.3. The van der Waals surface area contributed by atoms with Crippen molar-refractivity contribution in [1.29, 1.82) is 0 Å². The molecule has 0 unspecified atom stereocenters. The van der Waals surface area contributed by atoms with E-state index in [0.29, 0.717) is 40.3 Å². The second kappa shape index (κ2) is 13.3. The molecule has 2 saturated heterocycles. The number of rotatable bonds is 10. The van der Waals surface area contributed by atoms with Crippen LogP contribution >= 0.6 is 7.75 Å². The van der Waals surface area contributed by atoms with Gasteiger partial charge in [-0.3, -0.25) is 18.5 Å². The highest BCUT2D eigenvalue weighted by Crippen LogP contribution is 2.55. The summed E-state index contributed by atoms with van der Waals surface area (Å²) >= 11 is 0. The number of anilines is 2. The lowest BCUT2D eigenvalue weighted by Crippen LogP contribution is -2.35. The van der Waals surface area contributed by atoms with Crippen LogP contribution in [0.5, 0.6) is 0 Å². The topological polar surface area (TPSA) is 135 Å². The van der Waals surface area contributed by atoms with Crippen LogP contribution in [-0.4, -0.2) is 90.0 Å². The quantitative estimate of drug-likeness (QED) is 0.138. The maximum absolute atomic E-state index is 16.3. The molecular weight excluding hydrogens is 683 g/mol. The lowest BCUT2D eigenvalue weighted by atomic mass is 9.99. The second-order valence-electron chi connectivity index (χ2n) is 13.0. The average Bonchev–Trinajstić information content (AvgIpc) is 3.79. The minimum Gasteiger partial charge on any atom is -0.462 e. The molecule has 0 spiro atoms. The number of nitrogens with zero attached hydrogens (tertiary/aromatic N) is 6. The number of likely N-dealkylation sites (N-methyl/N-ethyl adjacent to an activating group) is 1. The Kier molecular flexibility index (Phi) is 9.11. The van der Waals surface area contributed by atoms with Crippen molar-refractivity contribution in [2.45, 2.75) is 33.2 Å². The van der Waals surface area contributed by atoms with Gasteiger partial charge in [0, 0.05) is 75.6 Å². The molecule has 13 nitrogen and oxygen atoms in total. The van der Waals surface area contributed by atoms with Crippen molar-refractivity contribution in [3.63, 3.8) is 0 Å². The Labute approximate surface area is 292 Å². The van der Waals surface area contributed by atoms with Gasteiger partial charge in [-0.1, -0.05) is 0 Å². The molecule has 2 atom stereocenters. The Morgan fingerprint density at radius 1 is 1.06 bits per heavy atom. The molecule has 0 radical (unpaired) electrons. The average molecular weight is 724 g/mol. The summed E-state index contributed by atoms with van der Waals surface area (Å²) in [7, 11) is 1.24. The van der Waals surface area contributed by atoms with Crippen molar-refractivity contribution >= 4 is 58.1 Å². The molecular formula is C35H40F2N7O6P. The molecule has 1 N–H and O–H groups in total. The van der Waals surface area contributed by atoms with Gasteiger partial charge >= 0.3 is 13.7 Å². The van der Waals surface area contributed by atoms with Gasteiger partial charge in [-0.25, -0.2) is 28.1 Å². The molecule has 2 fully saturated rings. The van der Waals surface area contributed by atoms with Crippen LogP contribution in [0.2, 0.25) is 0 Å². The van der Waals surface area contributed by atoms with E-state index in [2.05, 4.69) is 26.8 Å². The zero-order valence-electron chi connectivity index (χ0n) is 29.3. The van der Waals surface area contributed by atoms with Crippen LogP contribution in [0.3, 0.4) is 0 Å². The van der Waals surface area contributed by atoms with E-state index in [1.165, 1.54) is 17.9 Å². The first-order valence-electron chi connectivity index (χ1n) is 17.0. The summed E-state index contributed by atoms with van der Waals surface area (Å²) in [4.78, 5) is 43.4. The van der Waals surface area contributed by atoms with E-state index in [4.69, 9.17) is 18.8 Å². The fourth-order valence-electron chi connectivity index (χ4n) is 7.67. The molecule has 1 aromatic carbocycles. The van der Waals surface area contributed by atoms with Crippen molar-refractivity contribution < 1.29 is 31.9 Å². The lowest BCUT2D eigenvalue weighted by Gasteiger charge is -2.30. The first-order chi connectivity index (χ1) is 24.4. The molecule has 0 saturated carbocycles. The summed E-state index contributed by atoms with van der Waals surface area (Å²) in [5.41, 5.74) is 1.86. The molecule has 16 heteroatoms. The van der Waals surface area contributed by atoms with Crippen molar-refractivity contribution in [3.8, 4) is 11.1 Å². The Bertz CT molecular complexity index is 2300. The molecule has 2 aliphatic heterocycles. The fraction of sp³-hybridized carbons (Fsp3) is 0.429. The summed E-state index contributed by atoms with van der Waals surface area (Å²) in [6.07, 6.45) is 5.53. The molecule has 6 heterocycles. The zero-order valence-corrected chi connectivity index (χ0v) is 30.2. The molecule has 0 bridgehead atoms. The number of hydrogen-bond donors (Lipinski definition) is 1. The molecule has 0 aliphatic carbocycles. The van der Waals surface area contributed by atoms with Crippen LogP contribution in [0.4, 0.5) is 20.2 Å². The molecule has 5 aromatic rings. The number of aromatic amines is 1. The van der Waals surface area contributed by atoms with E-state index in [9.17, 15) is 14.2 Å². The van der Waals surface area contributed by atoms with Gasteiger partial charge < -0.3 is 24.1 Å². The van der Waals surface area contributed by atoms with Crippen molar-refractivity contribution in [2.75, 3.05) is 63.1 Å². The Balaban J connectivity index is 1.53. The number of esters is 1. The van der Waals surface area contributed by atoms with Crippen LogP contribution in [0.15, 0.2) is 35.5 Å². The Hall–Kier alpha value is -4.43. The van der Waals surface area contributed by atoms with Crippen LogP contribution < -0.4 is 15.0 Å². The number of pyridine rings is 3. The fourth-order valence-corrected chi connectivity index (χ4v) is 9.17. The highest BCUT2D eigenvalue weighted by Gasteiger charge is 2.42. The number of likely N-dealkylation sites (tertiary alicyclic amines) is 1. The SMILES string of the molecule is CCOC(=O)c1cn(C)c2ncc(-c3cnc4[nH]c5c(N(C)P(=O)(OCC)OCC)cc(F)c(F)c5c4c3N3CC[C@@H]4CN(C)C[C@@H]43)cc2c1=O. The summed E-state index contributed by atoms with van der Waals surface area (Å²) in [5, 5.41) is 0.453. The van der Waals surface area contributed by atoms with E-state index < -0.39 is 30.8 Å². The van der Waals surface area contributed by atoms with Crippen molar-refractivity contribution in [1.82, 2.24) is 24.4 Å². The van der Waals surface area contributed by atoms with Crippen LogP contribution in [-0.2, 0) is 25.4 Å². The molecule has 0 amide bonds. The number of hydrogen-bond acceptors (Lipinski definition) is 10. The summed E-state index contributed by atoms with van der Waals surface area (Å²) in [6.45, 7) is 7.52. The zero-order chi connectivity index (χ0) is 36.4. The third-order valence-electron chi connectivity index (χ3n) is 9.88. The normalized spacial score (nSPS) is 18.0. The number of nitrogens with one attached hydrogen (secondary N) is 1.